The third-order valence-corrected chi connectivity index (χ3v) is 1.71. The van der Waals surface area contributed by atoms with Crippen molar-refractivity contribution >= 4 is 5.91 Å². The lowest BCUT2D eigenvalue weighted by molar-refractivity contribution is 0.0899. The first kappa shape index (κ1) is 11.7. The van der Waals surface area contributed by atoms with E-state index in [2.05, 4.69) is 15.5 Å². The number of aromatic nitrogens is 2. The number of rotatable bonds is 2. The van der Waals surface area contributed by atoms with E-state index in [1.54, 1.807) is 0 Å². The fraction of sp³-hybridized carbons (Fsp3) is 0.700. The molecule has 0 saturated carbocycles. The van der Waals surface area contributed by atoms with Crippen LogP contribution >= 0.6 is 0 Å². The number of nitrogens with zero attached hydrogens (tertiary/aromatic N) is 2. The van der Waals surface area contributed by atoms with Gasteiger partial charge >= 0.3 is 11.8 Å². The molecule has 0 aliphatic heterocycles. The predicted octanol–water partition coefficient (Wildman–Crippen LogP) is 1.51. The average molecular weight is 211 g/mol. The highest BCUT2D eigenvalue weighted by molar-refractivity contribution is 5.89. The summed E-state index contributed by atoms with van der Waals surface area (Å²) in [5.41, 5.74) is -0.208. The first-order chi connectivity index (χ1) is 6.80. The summed E-state index contributed by atoms with van der Waals surface area (Å²) in [6.07, 6.45) is 0. The quantitative estimate of drug-likeness (QED) is 0.805. The third kappa shape index (κ3) is 3.04. The van der Waals surface area contributed by atoms with Crippen LogP contribution in [0.3, 0.4) is 0 Å². The molecule has 0 saturated heterocycles. The van der Waals surface area contributed by atoms with Gasteiger partial charge in [0.1, 0.15) is 0 Å². The highest BCUT2D eigenvalue weighted by Crippen LogP contribution is 2.18. The minimum absolute atomic E-state index is 0.0219. The van der Waals surface area contributed by atoms with Gasteiger partial charge in [-0.05, 0) is 13.8 Å². The molecule has 0 spiro atoms. The molecule has 0 radical (unpaired) electrons. The van der Waals surface area contributed by atoms with Crippen molar-refractivity contribution in [3.8, 4) is 0 Å². The Bertz CT molecular complexity index is 350. The molecule has 0 unspecified atom stereocenters. The van der Waals surface area contributed by atoms with Crippen molar-refractivity contribution in [3.05, 3.63) is 11.7 Å². The van der Waals surface area contributed by atoms with Gasteiger partial charge in [-0.15, -0.1) is 0 Å². The second-order valence-electron chi connectivity index (χ2n) is 4.80. The van der Waals surface area contributed by atoms with Crippen molar-refractivity contribution < 1.29 is 9.32 Å². The zero-order chi connectivity index (χ0) is 11.6. The molecule has 5 heteroatoms. The van der Waals surface area contributed by atoms with Gasteiger partial charge in [0.25, 0.3) is 0 Å². The van der Waals surface area contributed by atoms with Gasteiger partial charge in [0.05, 0.1) is 0 Å². The van der Waals surface area contributed by atoms with E-state index < -0.39 is 0 Å². The van der Waals surface area contributed by atoms with E-state index >= 15 is 0 Å². The van der Waals surface area contributed by atoms with Gasteiger partial charge in [-0.3, -0.25) is 4.79 Å². The minimum atomic E-state index is -0.326. The smallest absolute Gasteiger partial charge is 0.315 e. The molecule has 0 fully saturated rings. The van der Waals surface area contributed by atoms with Crippen LogP contribution in [0.15, 0.2) is 4.52 Å². The highest BCUT2D eigenvalue weighted by atomic mass is 16.5. The van der Waals surface area contributed by atoms with Crippen molar-refractivity contribution in [1.29, 1.82) is 0 Å². The number of carbonyl (C=O) groups is 1. The van der Waals surface area contributed by atoms with Crippen molar-refractivity contribution in [3.63, 3.8) is 0 Å². The lowest BCUT2D eigenvalue weighted by Gasteiger charge is -2.10. The Hall–Kier alpha value is -1.39. The monoisotopic (exact) mass is 211 g/mol. The van der Waals surface area contributed by atoms with E-state index in [0.717, 1.165) is 0 Å². The Morgan fingerprint density at radius 2 is 2.00 bits per heavy atom. The van der Waals surface area contributed by atoms with Gasteiger partial charge in [0, 0.05) is 11.5 Å². The molecule has 1 N–H and O–H groups in total. The summed E-state index contributed by atoms with van der Waals surface area (Å²) < 4.78 is 4.88. The zero-order valence-corrected chi connectivity index (χ0v) is 9.79. The summed E-state index contributed by atoms with van der Waals surface area (Å²) in [5, 5.41) is 6.46. The van der Waals surface area contributed by atoms with Crippen LogP contribution in [0.4, 0.5) is 0 Å². The van der Waals surface area contributed by atoms with Gasteiger partial charge in [-0.1, -0.05) is 25.9 Å². The lowest BCUT2D eigenvalue weighted by Crippen LogP contribution is -2.30. The maximum Gasteiger partial charge on any atom is 0.315 e. The van der Waals surface area contributed by atoms with E-state index in [1.165, 1.54) is 0 Å². The fourth-order valence-electron chi connectivity index (χ4n) is 0.944. The van der Waals surface area contributed by atoms with Crippen molar-refractivity contribution in [2.45, 2.75) is 46.1 Å². The summed E-state index contributed by atoms with van der Waals surface area (Å²) in [5.74, 6) is 0.234. The summed E-state index contributed by atoms with van der Waals surface area (Å²) >= 11 is 0. The molecule has 1 rings (SSSR count). The van der Waals surface area contributed by atoms with E-state index in [1.807, 2.05) is 34.6 Å². The summed E-state index contributed by atoms with van der Waals surface area (Å²) in [4.78, 5) is 15.5. The first-order valence-electron chi connectivity index (χ1n) is 4.96. The number of hydrogen-bond acceptors (Lipinski definition) is 4. The highest BCUT2D eigenvalue weighted by Gasteiger charge is 2.23. The minimum Gasteiger partial charge on any atom is -0.346 e. The Morgan fingerprint density at radius 1 is 1.40 bits per heavy atom. The van der Waals surface area contributed by atoms with Crippen LogP contribution < -0.4 is 5.32 Å². The zero-order valence-electron chi connectivity index (χ0n) is 9.79. The molecule has 1 aromatic rings. The van der Waals surface area contributed by atoms with Crippen LogP contribution in [0, 0.1) is 0 Å². The standard InChI is InChI=1S/C10H17N3O2/c1-6(2)11-7(14)8-12-9(13-15-8)10(3,4)5/h6H,1-5H3,(H,11,14). The molecule has 0 bridgehead atoms. The molecule has 5 nitrogen and oxygen atoms in total. The van der Waals surface area contributed by atoms with Gasteiger partial charge in [-0.2, -0.15) is 4.98 Å². The first-order valence-corrected chi connectivity index (χ1v) is 4.96. The van der Waals surface area contributed by atoms with Crippen molar-refractivity contribution in [2.24, 2.45) is 0 Å². The van der Waals surface area contributed by atoms with Crippen molar-refractivity contribution in [2.75, 3.05) is 0 Å². The molecule has 0 aliphatic carbocycles. The van der Waals surface area contributed by atoms with Crippen LogP contribution in [-0.2, 0) is 5.41 Å². The molecule has 0 aliphatic rings. The Morgan fingerprint density at radius 3 is 2.40 bits per heavy atom. The second kappa shape index (κ2) is 4.00. The topological polar surface area (TPSA) is 68.0 Å². The molecule has 0 atom stereocenters. The van der Waals surface area contributed by atoms with Crippen LogP contribution in [0.5, 0.6) is 0 Å². The Labute approximate surface area is 89.2 Å². The van der Waals surface area contributed by atoms with Gasteiger partial charge < -0.3 is 9.84 Å². The van der Waals surface area contributed by atoms with E-state index in [9.17, 15) is 4.79 Å². The largest absolute Gasteiger partial charge is 0.346 e. The lowest BCUT2D eigenvalue weighted by atomic mass is 9.96. The Balaban J connectivity index is 2.81. The van der Waals surface area contributed by atoms with Crippen LogP contribution in [0.1, 0.15) is 51.1 Å². The van der Waals surface area contributed by atoms with Crippen LogP contribution in [0.2, 0.25) is 0 Å². The number of nitrogens with one attached hydrogen (secondary N) is 1. The predicted molar refractivity (Wildman–Crippen MR) is 55.6 cm³/mol. The van der Waals surface area contributed by atoms with E-state index in [-0.39, 0.29) is 23.3 Å². The van der Waals surface area contributed by atoms with Gasteiger partial charge in [0.2, 0.25) is 0 Å². The third-order valence-electron chi connectivity index (χ3n) is 1.71. The molecular weight excluding hydrogens is 194 g/mol. The van der Waals surface area contributed by atoms with E-state index in [4.69, 9.17) is 4.52 Å². The summed E-state index contributed by atoms with van der Waals surface area (Å²) in [6, 6.07) is 0.0579. The molecule has 0 aromatic carbocycles. The number of amides is 1. The molecule has 1 aromatic heterocycles. The second-order valence-corrected chi connectivity index (χ2v) is 4.80. The summed E-state index contributed by atoms with van der Waals surface area (Å²) in [7, 11) is 0. The SMILES string of the molecule is CC(C)NC(=O)c1nc(C(C)(C)C)no1. The Kier molecular flexibility index (Phi) is 3.12. The maximum atomic E-state index is 11.5. The maximum absolute atomic E-state index is 11.5. The van der Waals surface area contributed by atoms with Gasteiger partial charge in [0.15, 0.2) is 5.82 Å². The number of hydrogen-bond donors (Lipinski definition) is 1. The van der Waals surface area contributed by atoms with Crippen LogP contribution in [0.25, 0.3) is 0 Å². The molecular formula is C10H17N3O2. The molecule has 84 valence electrons. The molecule has 15 heavy (non-hydrogen) atoms. The normalized spacial score (nSPS) is 11.9. The average Bonchev–Trinajstić information content (AvgIpc) is 2.48. The molecule has 1 amide bonds. The summed E-state index contributed by atoms with van der Waals surface area (Å²) in [6.45, 7) is 9.63. The number of carbonyl (C=O) groups excluding carboxylic acids is 1. The van der Waals surface area contributed by atoms with Crippen LogP contribution in [-0.4, -0.2) is 22.1 Å². The van der Waals surface area contributed by atoms with Crippen molar-refractivity contribution in [1.82, 2.24) is 15.5 Å². The van der Waals surface area contributed by atoms with E-state index in [0.29, 0.717) is 5.82 Å². The fourth-order valence-corrected chi connectivity index (χ4v) is 0.944. The molecule has 1 heterocycles. The van der Waals surface area contributed by atoms with Gasteiger partial charge in [-0.25, -0.2) is 0 Å².